The molecule has 1 aromatic heterocycles. The normalized spacial score (nSPS) is 10.6. The van der Waals surface area contributed by atoms with Crippen molar-refractivity contribution in [3.63, 3.8) is 0 Å². The van der Waals surface area contributed by atoms with Gasteiger partial charge in [-0.2, -0.15) is 0 Å². The second-order valence-electron chi connectivity index (χ2n) is 4.06. The maximum absolute atomic E-state index is 4.41. The number of benzene rings is 1. The van der Waals surface area contributed by atoms with Gasteiger partial charge in [-0.3, -0.25) is 0 Å². The number of unbranched alkanes of at least 4 members (excludes halogenated alkanes) is 1. The molecule has 0 aliphatic carbocycles. The summed E-state index contributed by atoms with van der Waals surface area (Å²) in [5.41, 5.74) is 2.48. The van der Waals surface area contributed by atoms with Gasteiger partial charge in [0, 0.05) is 6.54 Å². The molecule has 0 radical (unpaired) electrons. The van der Waals surface area contributed by atoms with Crippen LogP contribution in [0.15, 0.2) is 36.5 Å². The summed E-state index contributed by atoms with van der Waals surface area (Å²) < 4.78 is 2.30. The van der Waals surface area contributed by atoms with Crippen LogP contribution in [0.2, 0.25) is 0 Å². The van der Waals surface area contributed by atoms with E-state index in [9.17, 15) is 0 Å². The summed E-state index contributed by atoms with van der Waals surface area (Å²) >= 11 is 0. The summed E-state index contributed by atoms with van der Waals surface area (Å²) in [6, 6.07) is 10.5. The van der Waals surface area contributed by atoms with Gasteiger partial charge in [-0.05, 0) is 18.9 Å². The Bertz CT molecular complexity index is 443. The standard InChI is InChI=1S/C14H18N2/c1-3-4-10-16-12(2)15-11-14(16)13-8-6-5-7-9-13/h5-9,11H,3-4,10H2,1-2H3. The van der Waals surface area contributed by atoms with Crippen LogP contribution in [0.1, 0.15) is 25.6 Å². The summed E-state index contributed by atoms with van der Waals surface area (Å²) in [7, 11) is 0. The summed E-state index contributed by atoms with van der Waals surface area (Å²) in [5.74, 6) is 1.10. The topological polar surface area (TPSA) is 17.8 Å². The Morgan fingerprint density at radius 2 is 1.94 bits per heavy atom. The minimum atomic E-state index is 1.06. The third-order valence-corrected chi connectivity index (χ3v) is 2.86. The van der Waals surface area contributed by atoms with Gasteiger partial charge in [0.2, 0.25) is 0 Å². The Hall–Kier alpha value is -1.57. The Labute approximate surface area is 97.0 Å². The van der Waals surface area contributed by atoms with E-state index in [4.69, 9.17) is 0 Å². The maximum atomic E-state index is 4.41. The highest BCUT2D eigenvalue weighted by atomic mass is 15.1. The lowest BCUT2D eigenvalue weighted by Gasteiger charge is -2.09. The lowest BCUT2D eigenvalue weighted by atomic mass is 10.1. The van der Waals surface area contributed by atoms with Crippen LogP contribution in [0.25, 0.3) is 11.3 Å². The van der Waals surface area contributed by atoms with Gasteiger partial charge in [0.1, 0.15) is 5.82 Å². The predicted molar refractivity (Wildman–Crippen MR) is 67.3 cm³/mol. The first-order valence-corrected chi connectivity index (χ1v) is 5.90. The molecule has 84 valence electrons. The number of aryl methyl sites for hydroxylation is 1. The molecule has 1 aromatic carbocycles. The first-order valence-electron chi connectivity index (χ1n) is 5.90. The Kier molecular flexibility index (Phi) is 3.40. The highest BCUT2D eigenvalue weighted by Gasteiger charge is 2.07. The number of hydrogen-bond acceptors (Lipinski definition) is 1. The monoisotopic (exact) mass is 214 g/mol. The fourth-order valence-electron chi connectivity index (χ4n) is 1.91. The lowest BCUT2D eigenvalue weighted by molar-refractivity contribution is 0.621. The second-order valence-corrected chi connectivity index (χ2v) is 4.06. The predicted octanol–water partition coefficient (Wildman–Crippen LogP) is 3.66. The molecule has 0 saturated carbocycles. The van der Waals surface area contributed by atoms with Crippen LogP contribution in [0.5, 0.6) is 0 Å². The van der Waals surface area contributed by atoms with E-state index in [0.29, 0.717) is 0 Å². The van der Waals surface area contributed by atoms with Gasteiger partial charge in [-0.15, -0.1) is 0 Å². The summed E-state index contributed by atoms with van der Waals surface area (Å²) in [6.45, 7) is 5.35. The van der Waals surface area contributed by atoms with E-state index >= 15 is 0 Å². The molecule has 2 nitrogen and oxygen atoms in total. The molecule has 2 rings (SSSR count). The fourth-order valence-corrected chi connectivity index (χ4v) is 1.91. The zero-order valence-corrected chi connectivity index (χ0v) is 9.98. The highest BCUT2D eigenvalue weighted by molar-refractivity contribution is 5.59. The lowest BCUT2D eigenvalue weighted by Crippen LogP contribution is -2.02. The average Bonchev–Trinajstić information content (AvgIpc) is 2.69. The van der Waals surface area contributed by atoms with E-state index in [1.54, 1.807) is 0 Å². The number of hydrogen-bond donors (Lipinski definition) is 0. The third-order valence-electron chi connectivity index (χ3n) is 2.86. The zero-order valence-electron chi connectivity index (χ0n) is 9.98. The van der Waals surface area contributed by atoms with Crippen molar-refractivity contribution in [3.05, 3.63) is 42.4 Å². The molecule has 16 heavy (non-hydrogen) atoms. The number of rotatable bonds is 4. The molecular formula is C14H18N2. The van der Waals surface area contributed by atoms with E-state index < -0.39 is 0 Å². The molecule has 0 saturated heterocycles. The smallest absolute Gasteiger partial charge is 0.105 e. The second kappa shape index (κ2) is 4.97. The van der Waals surface area contributed by atoms with Crippen molar-refractivity contribution in [1.82, 2.24) is 9.55 Å². The van der Waals surface area contributed by atoms with Crippen molar-refractivity contribution in [2.75, 3.05) is 0 Å². The van der Waals surface area contributed by atoms with Crippen LogP contribution in [0.4, 0.5) is 0 Å². The Morgan fingerprint density at radius 3 is 2.62 bits per heavy atom. The molecule has 2 aromatic rings. The minimum absolute atomic E-state index is 1.06. The van der Waals surface area contributed by atoms with Crippen molar-refractivity contribution in [1.29, 1.82) is 0 Å². The van der Waals surface area contributed by atoms with Gasteiger partial charge in [0.15, 0.2) is 0 Å². The van der Waals surface area contributed by atoms with Crippen LogP contribution in [-0.4, -0.2) is 9.55 Å². The number of imidazole rings is 1. The van der Waals surface area contributed by atoms with E-state index in [1.165, 1.54) is 24.1 Å². The molecule has 0 unspecified atom stereocenters. The van der Waals surface area contributed by atoms with Crippen molar-refractivity contribution < 1.29 is 0 Å². The van der Waals surface area contributed by atoms with Gasteiger partial charge in [-0.25, -0.2) is 4.98 Å². The van der Waals surface area contributed by atoms with Gasteiger partial charge in [0.05, 0.1) is 11.9 Å². The van der Waals surface area contributed by atoms with Crippen molar-refractivity contribution >= 4 is 0 Å². The zero-order chi connectivity index (χ0) is 11.4. The van der Waals surface area contributed by atoms with E-state index in [2.05, 4.69) is 47.7 Å². The molecule has 0 atom stereocenters. The minimum Gasteiger partial charge on any atom is -0.328 e. The van der Waals surface area contributed by atoms with Gasteiger partial charge in [-0.1, -0.05) is 43.7 Å². The molecular weight excluding hydrogens is 196 g/mol. The first kappa shape index (κ1) is 10.9. The third kappa shape index (κ3) is 2.16. The van der Waals surface area contributed by atoms with Crippen molar-refractivity contribution in [2.45, 2.75) is 33.2 Å². The Morgan fingerprint density at radius 1 is 1.19 bits per heavy atom. The molecule has 0 fully saturated rings. The van der Waals surface area contributed by atoms with Gasteiger partial charge >= 0.3 is 0 Å². The van der Waals surface area contributed by atoms with Crippen LogP contribution in [0.3, 0.4) is 0 Å². The quantitative estimate of drug-likeness (QED) is 0.759. The van der Waals surface area contributed by atoms with Gasteiger partial charge in [0.25, 0.3) is 0 Å². The van der Waals surface area contributed by atoms with Crippen molar-refractivity contribution in [3.8, 4) is 11.3 Å². The van der Waals surface area contributed by atoms with Crippen LogP contribution < -0.4 is 0 Å². The fraction of sp³-hybridized carbons (Fsp3) is 0.357. The van der Waals surface area contributed by atoms with E-state index in [1.807, 2.05) is 12.3 Å². The van der Waals surface area contributed by atoms with Gasteiger partial charge < -0.3 is 4.57 Å². The summed E-state index contributed by atoms with van der Waals surface area (Å²) in [4.78, 5) is 4.41. The largest absolute Gasteiger partial charge is 0.328 e. The highest BCUT2D eigenvalue weighted by Crippen LogP contribution is 2.20. The van der Waals surface area contributed by atoms with Crippen LogP contribution in [0, 0.1) is 6.92 Å². The molecule has 1 heterocycles. The molecule has 2 heteroatoms. The molecule has 0 spiro atoms. The molecule has 0 aliphatic rings. The number of nitrogens with zero attached hydrogens (tertiary/aromatic N) is 2. The molecule has 0 amide bonds. The molecule has 0 aliphatic heterocycles. The number of aromatic nitrogens is 2. The van der Waals surface area contributed by atoms with E-state index in [0.717, 1.165) is 12.4 Å². The SMILES string of the molecule is CCCCn1c(-c2ccccc2)cnc1C. The summed E-state index contributed by atoms with van der Waals surface area (Å²) in [6.07, 6.45) is 4.39. The summed E-state index contributed by atoms with van der Waals surface area (Å²) in [5, 5.41) is 0. The van der Waals surface area contributed by atoms with Crippen LogP contribution in [-0.2, 0) is 6.54 Å². The Balaban J connectivity index is 2.34. The van der Waals surface area contributed by atoms with Crippen LogP contribution >= 0.6 is 0 Å². The molecule has 0 N–H and O–H groups in total. The first-order chi connectivity index (χ1) is 7.83. The molecule has 0 bridgehead atoms. The van der Waals surface area contributed by atoms with E-state index in [-0.39, 0.29) is 0 Å². The maximum Gasteiger partial charge on any atom is 0.105 e. The average molecular weight is 214 g/mol. The van der Waals surface area contributed by atoms with Crippen molar-refractivity contribution in [2.24, 2.45) is 0 Å².